The number of nitrogens with zero attached hydrogens (tertiary/aromatic N) is 1. The average molecular weight is 365 g/mol. The van der Waals surface area contributed by atoms with Crippen molar-refractivity contribution in [3.8, 4) is 0 Å². The number of aromatic nitrogens is 1. The summed E-state index contributed by atoms with van der Waals surface area (Å²) in [7, 11) is 0. The maximum Gasteiger partial charge on any atom is 0.106 e. The molecule has 4 rings (SSSR count). The van der Waals surface area contributed by atoms with Gasteiger partial charge in [0.2, 0.25) is 0 Å². The van der Waals surface area contributed by atoms with E-state index in [1.54, 1.807) is 6.92 Å². The van der Waals surface area contributed by atoms with Gasteiger partial charge in [-0.1, -0.05) is 29.8 Å². The molecule has 0 unspecified atom stereocenters. The standard InChI is InChI=1S/C19H25ClN2O3/c1-18(24)12-19(25-11-16(18)23)6-8-22(9-7-19)10-15-17(20)13-4-2-3-5-14(13)21-15/h2-5,16,21,23-24H,6-12H2,1H3/t16-,18-/m0/s1. The largest absolute Gasteiger partial charge is 0.388 e. The number of aliphatic hydroxyl groups is 2. The number of piperidine rings is 1. The fraction of sp³-hybridized carbons (Fsp3) is 0.579. The van der Waals surface area contributed by atoms with Crippen LogP contribution < -0.4 is 0 Å². The minimum absolute atomic E-state index is 0.209. The van der Waals surface area contributed by atoms with Crippen LogP contribution in [0.25, 0.3) is 10.9 Å². The third-order valence-corrected chi connectivity index (χ3v) is 6.24. The fourth-order valence-corrected chi connectivity index (χ4v) is 4.46. The number of likely N-dealkylation sites (tertiary alicyclic amines) is 1. The molecule has 2 fully saturated rings. The lowest BCUT2D eigenvalue weighted by atomic mass is 9.76. The number of aliphatic hydroxyl groups excluding tert-OH is 1. The second kappa shape index (κ2) is 6.25. The summed E-state index contributed by atoms with van der Waals surface area (Å²) in [6.07, 6.45) is 1.39. The van der Waals surface area contributed by atoms with Gasteiger partial charge in [0.1, 0.15) is 6.10 Å². The molecule has 0 saturated carbocycles. The van der Waals surface area contributed by atoms with Crippen LogP contribution in [0.2, 0.25) is 5.02 Å². The molecule has 2 aliphatic heterocycles. The molecule has 2 saturated heterocycles. The Morgan fingerprint density at radius 3 is 2.72 bits per heavy atom. The lowest BCUT2D eigenvalue weighted by Crippen LogP contribution is -2.59. The molecule has 0 aliphatic carbocycles. The molecule has 5 nitrogen and oxygen atoms in total. The predicted molar refractivity (Wildman–Crippen MR) is 97.8 cm³/mol. The van der Waals surface area contributed by atoms with Crippen LogP contribution in [-0.4, -0.2) is 57.1 Å². The highest BCUT2D eigenvalue weighted by atomic mass is 35.5. The summed E-state index contributed by atoms with van der Waals surface area (Å²) < 4.78 is 5.95. The molecule has 25 heavy (non-hydrogen) atoms. The van der Waals surface area contributed by atoms with Crippen molar-refractivity contribution in [1.29, 1.82) is 0 Å². The second-order valence-corrected chi connectivity index (χ2v) is 8.16. The first-order valence-corrected chi connectivity index (χ1v) is 9.28. The fourth-order valence-electron chi connectivity index (χ4n) is 4.19. The van der Waals surface area contributed by atoms with Crippen molar-refractivity contribution in [2.24, 2.45) is 0 Å². The molecule has 1 aromatic carbocycles. The zero-order valence-corrected chi connectivity index (χ0v) is 15.2. The van der Waals surface area contributed by atoms with Crippen molar-refractivity contribution in [2.45, 2.75) is 50.0 Å². The molecule has 3 heterocycles. The van der Waals surface area contributed by atoms with Crippen LogP contribution in [0.3, 0.4) is 0 Å². The van der Waals surface area contributed by atoms with Gasteiger partial charge in [-0.15, -0.1) is 0 Å². The molecule has 0 radical (unpaired) electrons. The van der Waals surface area contributed by atoms with E-state index >= 15 is 0 Å². The van der Waals surface area contributed by atoms with Crippen LogP contribution in [0.4, 0.5) is 0 Å². The van der Waals surface area contributed by atoms with E-state index in [1.807, 2.05) is 24.3 Å². The van der Waals surface area contributed by atoms with Crippen molar-refractivity contribution in [2.75, 3.05) is 19.7 Å². The number of ether oxygens (including phenoxy) is 1. The lowest BCUT2D eigenvalue weighted by Gasteiger charge is -2.49. The molecular formula is C19H25ClN2O3. The molecule has 6 heteroatoms. The van der Waals surface area contributed by atoms with E-state index in [4.69, 9.17) is 16.3 Å². The molecule has 1 spiro atoms. The van der Waals surface area contributed by atoms with Crippen LogP contribution >= 0.6 is 11.6 Å². The van der Waals surface area contributed by atoms with Gasteiger partial charge in [0.15, 0.2) is 0 Å². The Bertz CT molecular complexity index is 765. The first-order valence-electron chi connectivity index (χ1n) is 8.90. The molecular weight excluding hydrogens is 340 g/mol. The van der Waals surface area contributed by atoms with Gasteiger partial charge in [0.25, 0.3) is 0 Å². The van der Waals surface area contributed by atoms with Crippen LogP contribution in [0.15, 0.2) is 24.3 Å². The first kappa shape index (κ1) is 17.3. The topological polar surface area (TPSA) is 68.7 Å². The van der Waals surface area contributed by atoms with E-state index in [-0.39, 0.29) is 12.2 Å². The molecule has 0 amide bonds. The third kappa shape index (κ3) is 3.20. The Labute approximate surface area is 152 Å². The Hall–Kier alpha value is -1.11. The van der Waals surface area contributed by atoms with E-state index in [2.05, 4.69) is 9.88 Å². The summed E-state index contributed by atoms with van der Waals surface area (Å²) in [6, 6.07) is 8.08. The zero-order chi connectivity index (χ0) is 17.7. The van der Waals surface area contributed by atoms with E-state index < -0.39 is 11.7 Å². The molecule has 2 aliphatic rings. The highest BCUT2D eigenvalue weighted by Gasteiger charge is 2.48. The summed E-state index contributed by atoms with van der Waals surface area (Å²) in [4.78, 5) is 5.79. The number of benzene rings is 1. The minimum Gasteiger partial charge on any atom is -0.388 e. The minimum atomic E-state index is -1.07. The van der Waals surface area contributed by atoms with Crippen LogP contribution in [0, 0.1) is 0 Å². The van der Waals surface area contributed by atoms with Crippen molar-refractivity contribution >= 4 is 22.5 Å². The smallest absolute Gasteiger partial charge is 0.106 e. The normalized spacial score (nSPS) is 30.2. The van der Waals surface area contributed by atoms with Crippen LogP contribution in [0.1, 0.15) is 31.9 Å². The Morgan fingerprint density at radius 2 is 2.04 bits per heavy atom. The highest BCUT2D eigenvalue weighted by molar-refractivity contribution is 6.36. The van der Waals surface area contributed by atoms with Gasteiger partial charge < -0.3 is 19.9 Å². The van der Waals surface area contributed by atoms with Crippen LogP contribution in [-0.2, 0) is 11.3 Å². The van der Waals surface area contributed by atoms with Crippen molar-refractivity contribution in [3.63, 3.8) is 0 Å². The molecule has 3 N–H and O–H groups in total. The zero-order valence-electron chi connectivity index (χ0n) is 14.5. The molecule has 2 atom stereocenters. The monoisotopic (exact) mass is 364 g/mol. The van der Waals surface area contributed by atoms with Gasteiger partial charge in [-0.05, 0) is 25.8 Å². The van der Waals surface area contributed by atoms with Gasteiger partial charge in [0.05, 0.1) is 22.8 Å². The Morgan fingerprint density at radius 1 is 1.32 bits per heavy atom. The molecule has 136 valence electrons. The number of rotatable bonds is 2. The maximum atomic E-state index is 10.4. The summed E-state index contributed by atoms with van der Waals surface area (Å²) >= 11 is 6.53. The number of hydrogen-bond acceptors (Lipinski definition) is 4. The van der Waals surface area contributed by atoms with Gasteiger partial charge in [-0.3, -0.25) is 4.90 Å². The van der Waals surface area contributed by atoms with Gasteiger partial charge in [-0.25, -0.2) is 0 Å². The Kier molecular flexibility index (Phi) is 4.33. The number of H-pyrrole nitrogens is 1. The van der Waals surface area contributed by atoms with E-state index in [0.717, 1.165) is 54.1 Å². The second-order valence-electron chi connectivity index (χ2n) is 7.78. The Balaban J connectivity index is 1.43. The number of hydrogen-bond donors (Lipinski definition) is 3. The lowest BCUT2D eigenvalue weighted by molar-refractivity contribution is -0.223. The van der Waals surface area contributed by atoms with Crippen molar-refractivity contribution in [1.82, 2.24) is 9.88 Å². The summed E-state index contributed by atoms with van der Waals surface area (Å²) in [6.45, 7) is 4.47. The van der Waals surface area contributed by atoms with Gasteiger partial charge in [-0.2, -0.15) is 0 Å². The van der Waals surface area contributed by atoms with Crippen molar-refractivity contribution < 1.29 is 14.9 Å². The summed E-state index contributed by atoms with van der Waals surface area (Å²) in [5.74, 6) is 0. The molecule has 0 bridgehead atoms. The maximum absolute atomic E-state index is 10.4. The number of halogens is 1. The van der Waals surface area contributed by atoms with Crippen molar-refractivity contribution in [3.05, 3.63) is 35.0 Å². The molecule has 2 aromatic rings. The van der Waals surface area contributed by atoms with Gasteiger partial charge >= 0.3 is 0 Å². The quantitative estimate of drug-likeness (QED) is 0.766. The number of aromatic amines is 1. The van der Waals surface area contributed by atoms with Crippen LogP contribution in [0.5, 0.6) is 0 Å². The highest BCUT2D eigenvalue weighted by Crippen LogP contribution is 2.40. The predicted octanol–water partition coefficient (Wildman–Crippen LogP) is 2.69. The average Bonchev–Trinajstić information content (AvgIpc) is 2.90. The number of nitrogens with one attached hydrogen (secondary N) is 1. The van der Waals surface area contributed by atoms with E-state index in [1.165, 1.54) is 0 Å². The van der Waals surface area contributed by atoms with E-state index in [0.29, 0.717) is 6.42 Å². The number of para-hydroxylation sites is 1. The van der Waals surface area contributed by atoms with Gasteiger partial charge in [0, 0.05) is 42.7 Å². The molecule has 1 aromatic heterocycles. The number of fused-ring (bicyclic) bond motifs is 1. The first-order chi connectivity index (χ1) is 11.9. The third-order valence-electron chi connectivity index (χ3n) is 5.81. The van der Waals surface area contributed by atoms with E-state index in [9.17, 15) is 10.2 Å². The summed E-state index contributed by atoms with van der Waals surface area (Å²) in [5.41, 5.74) is 0.729. The SMILES string of the molecule is C[C@]1(O)CC2(CCN(Cc3[nH]c4ccccc4c3Cl)CC2)OC[C@@H]1O. The summed E-state index contributed by atoms with van der Waals surface area (Å²) in [5, 5.41) is 22.2.